The van der Waals surface area contributed by atoms with E-state index in [2.05, 4.69) is 17.1 Å². The van der Waals surface area contributed by atoms with Crippen LogP contribution in [0.3, 0.4) is 0 Å². The lowest BCUT2D eigenvalue weighted by molar-refractivity contribution is -0.333. The zero-order valence-corrected chi connectivity index (χ0v) is 45.2. The second kappa shape index (κ2) is 34.0. The summed E-state index contributed by atoms with van der Waals surface area (Å²) in [6.07, 6.45) is 0.787. The zero-order valence-electron chi connectivity index (χ0n) is 45.2. The summed E-state index contributed by atoms with van der Waals surface area (Å²) in [6, 6.07) is 0. The van der Waals surface area contributed by atoms with Crippen molar-refractivity contribution in [2.45, 2.75) is 224 Å². The molecule has 0 amide bonds. The van der Waals surface area contributed by atoms with E-state index in [4.69, 9.17) is 25.7 Å². The van der Waals surface area contributed by atoms with Gasteiger partial charge in [-0.2, -0.15) is 0 Å². The fourth-order valence-electron chi connectivity index (χ4n) is 9.34. The third kappa shape index (κ3) is 25.3. The van der Waals surface area contributed by atoms with E-state index in [0.29, 0.717) is 17.7 Å². The Morgan fingerprint density at radius 1 is 0.787 bits per heavy atom. The minimum atomic E-state index is -2.48. The first kappa shape index (κ1) is 67.1. The van der Waals surface area contributed by atoms with Crippen molar-refractivity contribution in [1.29, 1.82) is 0 Å². The van der Waals surface area contributed by atoms with E-state index in [-0.39, 0.29) is 69.2 Å². The number of carboxylic acids is 1. The molecule has 2 rings (SSSR count). The summed E-state index contributed by atoms with van der Waals surface area (Å²) in [4.78, 5) is 41.4. The number of carbonyl (C=O) groups is 3. The van der Waals surface area contributed by atoms with Crippen molar-refractivity contribution in [1.82, 2.24) is 0 Å². The standard InChI is InChI=1S/C55H93N3O17/c1-32-17-14-19-36(5)51(35(4)16-12-10-8-9-11-13-23-58-54(56)57)74-53(71)37(6)20-15-18-33(2)45(63)29-46(64)38(7)43(61)22-21-34(3)48(66)31-55(72)52(70)47(65)28-42(75-55)26-39(59)24-41(25-40(60)27-44(32)62)73-50(69)30-49(67)68/h8-9,14-15,17-20,33-36,38-48,51-52,59-66,70,72H,10-13,16,21-31H2,1-7H3,(H,67,68)(H4,56,57,58)/b9-8+,18-15+,19-14-,32-17+,37-20+. The number of allylic oxidation sites excluding steroid dienone is 6. The van der Waals surface area contributed by atoms with E-state index in [1.807, 2.05) is 19.9 Å². The molecule has 0 spiro atoms. The highest BCUT2D eigenvalue weighted by Gasteiger charge is 2.50. The smallest absolute Gasteiger partial charge is 0.334 e. The number of fused-ring (bicyclic) bond motifs is 2. The van der Waals surface area contributed by atoms with Crippen molar-refractivity contribution in [3.63, 3.8) is 0 Å². The van der Waals surface area contributed by atoms with Gasteiger partial charge in [0.15, 0.2) is 11.7 Å². The topological polar surface area (TPSA) is 366 Å². The van der Waals surface area contributed by atoms with E-state index in [0.717, 1.165) is 32.1 Å². The van der Waals surface area contributed by atoms with Gasteiger partial charge in [-0.25, -0.2) is 4.79 Å². The van der Waals surface area contributed by atoms with Crippen LogP contribution in [0.15, 0.2) is 64.7 Å². The number of aliphatic imine (C=N–C) groups is 1. The molecule has 0 radical (unpaired) electrons. The van der Waals surface area contributed by atoms with Crippen molar-refractivity contribution in [3.05, 3.63) is 59.8 Å². The molecule has 15 N–H and O–H groups in total. The lowest BCUT2D eigenvalue weighted by atomic mass is 9.84. The number of nitrogens with two attached hydrogens (primary N) is 2. The Labute approximate surface area is 443 Å². The van der Waals surface area contributed by atoms with Crippen LogP contribution in [-0.2, 0) is 28.6 Å². The number of unbranched alkanes of at least 4 members (excludes halogenated alkanes) is 2. The molecule has 0 aliphatic carbocycles. The number of nitrogens with zero attached hydrogens (tertiary/aromatic N) is 1. The number of guanidine groups is 1. The second-order valence-electron chi connectivity index (χ2n) is 21.4. The summed E-state index contributed by atoms with van der Waals surface area (Å²) in [5.74, 6) is -7.71. The first-order chi connectivity index (χ1) is 35.1. The molecule has 20 heteroatoms. The lowest BCUT2D eigenvalue weighted by Gasteiger charge is -2.45. The van der Waals surface area contributed by atoms with Gasteiger partial charge in [-0.1, -0.05) is 83.2 Å². The van der Waals surface area contributed by atoms with Gasteiger partial charge in [0.05, 0.1) is 54.9 Å². The van der Waals surface area contributed by atoms with Gasteiger partial charge in [-0.05, 0) is 82.6 Å². The van der Waals surface area contributed by atoms with Gasteiger partial charge in [-0.15, -0.1) is 0 Å². The number of aliphatic hydroxyl groups excluding tert-OH is 9. The van der Waals surface area contributed by atoms with Crippen LogP contribution in [0.5, 0.6) is 0 Å². The van der Waals surface area contributed by atoms with E-state index < -0.39 is 128 Å². The molecule has 0 saturated carbocycles. The molecule has 18 atom stereocenters. The molecule has 0 aromatic carbocycles. The molecule has 2 aliphatic rings. The molecule has 2 aliphatic heterocycles. The normalized spacial score (nSPS) is 38.0. The summed E-state index contributed by atoms with van der Waals surface area (Å²) >= 11 is 0. The number of hydrogen-bond acceptors (Lipinski definition) is 17. The number of carbonyl (C=O) groups excluding carboxylic acids is 2. The van der Waals surface area contributed by atoms with Gasteiger partial charge in [0, 0.05) is 68.4 Å². The van der Waals surface area contributed by atoms with Crippen LogP contribution in [0.1, 0.15) is 145 Å². The Morgan fingerprint density at radius 3 is 2.04 bits per heavy atom. The van der Waals surface area contributed by atoms with Crippen molar-refractivity contribution in [2.24, 2.45) is 46.0 Å². The first-order valence-corrected chi connectivity index (χ1v) is 26.7. The van der Waals surface area contributed by atoms with Gasteiger partial charge in [0.1, 0.15) is 24.7 Å². The van der Waals surface area contributed by atoms with Gasteiger partial charge in [0.2, 0.25) is 0 Å². The number of ether oxygens (including phenoxy) is 3. The Kier molecular flexibility index (Phi) is 30.4. The maximum atomic E-state index is 13.6. The second-order valence-corrected chi connectivity index (χ2v) is 21.4. The van der Waals surface area contributed by atoms with Gasteiger partial charge >= 0.3 is 17.9 Å². The van der Waals surface area contributed by atoms with Crippen LogP contribution in [0.4, 0.5) is 0 Å². The third-order valence-corrected chi connectivity index (χ3v) is 14.5. The molecular formula is C55H93N3O17. The summed E-state index contributed by atoms with van der Waals surface area (Å²) < 4.78 is 17.4. The lowest BCUT2D eigenvalue weighted by Crippen LogP contribution is -2.59. The fourth-order valence-corrected chi connectivity index (χ4v) is 9.34. The molecule has 0 aromatic heterocycles. The van der Waals surface area contributed by atoms with E-state index in [9.17, 15) is 70.6 Å². The summed E-state index contributed by atoms with van der Waals surface area (Å²) in [7, 11) is 0. The molecule has 0 aromatic rings. The van der Waals surface area contributed by atoms with Crippen molar-refractivity contribution >= 4 is 23.9 Å². The van der Waals surface area contributed by atoms with Gasteiger partial charge in [-0.3, -0.25) is 14.6 Å². The predicted octanol–water partition coefficient (Wildman–Crippen LogP) is 3.11. The number of carboxylic acid groups (broad SMARTS) is 1. The zero-order chi connectivity index (χ0) is 56.6. The number of aliphatic hydroxyl groups is 10. The quantitative estimate of drug-likeness (QED) is 0.0333. The van der Waals surface area contributed by atoms with Gasteiger partial charge in [0.25, 0.3) is 0 Å². The van der Waals surface area contributed by atoms with E-state index in [1.54, 1.807) is 65.0 Å². The Morgan fingerprint density at radius 2 is 1.40 bits per heavy atom. The van der Waals surface area contributed by atoms with Crippen LogP contribution in [0.25, 0.3) is 0 Å². The highest BCUT2D eigenvalue weighted by Crippen LogP contribution is 2.36. The summed E-state index contributed by atoms with van der Waals surface area (Å²) in [5.41, 5.74) is 11.6. The molecule has 18 unspecified atom stereocenters. The number of hydrogen-bond donors (Lipinski definition) is 13. The third-order valence-electron chi connectivity index (χ3n) is 14.5. The van der Waals surface area contributed by atoms with Crippen LogP contribution in [0.2, 0.25) is 0 Å². The van der Waals surface area contributed by atoms with Crippen LogP contribution >= 0.6 is 0 Å². The molecular weight excluding hydrogens is 975 g/mol. The first-order valence-electron chi connectivity index (χ1n) is 26.7. The number of esters is 2. The van der Waals surface area contributed by atoms with E-state index >= 15 is 0 Å². The minimum Gasteiger partial charge on any atom is -0.481 e. The number of aliphatic carboxylic acids is 1. The minimum absolute atomic E-state index is 0.0596. The fraction of sp³-hybridized carbons (Fsp3) is 0.745. The van der Waals surface area contributed by atoms with Crippen molar-refractivity contribution in [3.8, 4) is 0 Å². The monoisotopic (exact) mass is 1070 g/mol. The molecule has 75 heavy (non-hydrogen) atoms. The largest absolute Gasteiger partial charge is 0.481 e. The molecule has 1 fully saturated rings. The Balaban J connectivity index is 2.46. The highest BCUT2D eigenvalue weighted by molar-refractivity contribution is 5.90. The molecule has 2 heterocycles. The molecule has 1 saturated heterocycles. The predicted molar refractivity (Wildman–Crippen MR) is 282 cm³/mol. The maximum Gasteiger partial charge on any atom is 0.334 e. The molecule has 430 valence electrons. The average Bonchev–Trinajstić information content (AvgIpc) is 3.31. The van der Waals surface area contributed by atoms with Crippen LogP contribution < -0.4 is 11.5 Å². The van der Waals surface area contributed by atoms with Crippen LogP contribution in [0, 0.1) is 29.6 Å². The molecule has 2 bridgehead atoms. The Hall–Kier alpha value is -4.06. The van der Waals surface area contributed by atoms with Crippen LogP contribution in [-0.4, -0.2) is 166 Å². The highest BCUT2D eigenvalue weighted by atomic mass is 16.7. The molecule has 20 nitrogen and oxygen atoms in total. The Bertz CT molecular complexity index is 1910. The SMILES string of the molecule is C/C1=C\C=C\C(C)C(O)CC(O)C(C)C(O)CCC(C)C(O)CC2(O)OC(CC(O)CC(OC(=O)CC(=O)O)CC(O)CC(O)/C(C)=C/C=C\C(C)C(C(C)CCC/C=C/CCCN=C(N)N)OC1=O)CC(O)C2O. The maximum absolute atomic E-state index is 13.6. The van der Waals surface area contributed by atoms with Gasteiger partial charge < -0.3 is 81.8 Å². The van der Waals surface area contributed by atoms with E-state index in [1.165, 1.54) is 0 Å². The average molecular weight is 1070 g/mol. The number of rotatable bonds is 12. The summed E-state index contributed by atoms with van der Waals surface area (Å²) in [6.45, 7) is 12.8. The van der Waals surface area contributed by atoms with Crippen molar-refractivity contribution in [2.75, 3.05) is 6.54 Å². The van der Waals surface area contributed by atoms with Crippen molar-refractivity contribution < 1.29 is 84.8 Å². The summed E-state index contributed by atoms with van der Waals surface area (Å²) in [5, 5.41) is 120. The number of cyclic esters (lactones) is 1.